The summed E-state index contributed by atoms with van der Waals surface area (Å²) in [5.74, 6) is 1.26. The van der Waals surface area contributed by atoms with Crippen LogP contribution in [0, 0.1) is 0 Å². The fourth-order valence-corrected chi connectivity index (χ4v) is 8.69. The smallest absolute Gasteiger partial charge is 0.136 e. The van der Waals surface area contributed by atoms with Crippen molar-refractivity contribution in [3.63, 3.8) is 0 Å². The van der Waals surface area contributed by atoms with Crippen LogP contribution in [0.15, 0.2) is 0 Å². The Hall–Kier alpha value is 0.150. The zero-order chi connectivity index (χ0) is 31.3. The largest absolute Gasteiger partial charge is 0.387 e. The first-order valence-corrected chi connectivity index (χ1v) is 19.1. The lowest BCUT2D eigenvalue weighted by atomic mass is 9.90. The summed E-state index contributed by atoms with van der Waals surface area (Å²) >= 11 is 0. The maximum Gasteiger partial charge on any atom is 0.136 e. The minimum atomic E-state index is -1.89. The zero-order valence-electron chi connectivity index (χ0n) is 29.7. The van der Waals surface area contributed by atoms with Gasteiger partial charge in [-0.05, 0) is 68.2 Å². The molecule has 0 atom stereocenters. The first-order valence-electron chi connectivity index (χ1n) is 17.3. The maximum absolute atomic E-state index is 10.6. The van der Waals surface area contributed by atoms with E-state index < -0.39 is 21.8 Å². The second-order valence-electron chi connectivity index (χ2n) is 15.7. The van der Waals surface area contributed by atoms with Gasteiger partial charge in [0.2, 0.25) is 0 Å². The van der Waals surface area contributed by atoms with Crippen molar-refractivity contribution in [1.29, 1.82) is 0 Å². The molecule has 5 nitrogen and oxygen atoms in total. The summed E-state index contributed by atoms with van der Waals surface area (Å²) in [6.07, 6.45) is 22.2. The molecule has 41 heavy (non-hydrogen) atoms. The molecule has 248 valence electrons. The topological polar surface area (TPSA) is 47.9 Å². The molecular formula is C35H74NO4S+. The lowest BCUT2D eigenvalue weighted by Gasteiger charge is -2.44. The third-order valence-corrected chi connectivity index (χ3v) is 12.7. The fraction of sp³-hybridized carbons (Fsp3) is 1.00. The molecule has 0 bridgehead atoms. The Kier molecular flexibility index (Phi) is 16.8. The van der Waals surface area contributed by atoms with E-state index in [-0.39, 0.29) is 11.2 Å². The maximum atomic E-state index is 10.6. The summed E-state index contributed by atoms with van der Waals surface area (Å²) < 4.78 is 20.8. The summed E-state index contributed by atoms with van der Waals surface area (Å²) in [6, 6.07) is 0. The highest BCUT2D eigenvalue weighted by Gasteiger charge is 2.54. The molecule has 0 aromatic rings. The van der Waals surface area contributed by atoms with Gasteiger partial charge in [-0.2, -0.15) is 10.6 Å². The number of unbranched alkanes of at least 4 members (excludes halogenated alkanes) is 14. The van der Waals surface area contributed by atoms with Crippen molar-refractivity contribution in [1.82, 2.24) is 0 Å². The van der Waals surface area contributed by atoms with Crippen LogP contribution >= 0.6 is 10.6 Å². The van der Waals surface area contributed by atoms with Crippen LogP contribution in [0.5, 0.6) is 0 Å². The van der Waals surface area contributed by atoms with E-state index in [0.29, 0.717) is 5.94 Å². The Bertz CT molecular complexity index is 683. The fourth-order valence-electron chi connectivity index (χ4n) is 5.32. The van der Waals surface area contributed by atoms with Gasteiger partial charge in [-0.3, -0.25) is 8.37 Å². The van der Waals surface area contributed by atoms with Crippen molar-refractivity contribution in [3.8, 4) is 0 Å². The molecule has 1 N–H and O–H groups in total. The first-order chi connectivity index (χ1) is 18.9. The highest BCUT2D eigenvalue weighted by molar-refractivity contribution is 8.25. The first kappa shape index (κ1) is 39.2. The van der Waals surface area contributed by atoms with Crippen LogP contribution < -0.4 is 0 Å². The third kappa shape index (κ3) is 14.7. The molecule has 0 aromatic heterocycles. The van der Waals surface area contributed by atoms with E-state index in [1.807, 2.05) is 13.8 Å². The predicted molar refractivity (Wildman–Crippen MR) is 181 cm³/mol. The van der Waals surface area contributed by atoms with Crippen LogP contribution in [0.25, 0.3) is 0 Å². The number of aliphatic hydroxyl groups is 1. The van der Waals surface area contributed by atoms with Crippen molar-refractivity contribution in [2.45, 2.75) is 187 Å². The predicted octanol–water partition coefficient (Wildman–Crippen LogP) is 10.1. The summed E-state index contributed by atoms with van der Waals surface area (Å²) in [5.41, 5.74) is -2.42. The van der Waals surface area contributed by atoms with Gasteiger partial charge < -0.3 is 14.3 Å². The molecule has 0 amide bonds. The van der Waals surface area contributed by atoms with E-state index in [1.165, 1.54) is 103 Å². The molecule has 0 aliphatic carbocycles. The van der Waals surface area contributed by atoms with E-state index in [0.717, 1.165) is 23.2 Å². The van der Waals surface area contributed by atoms with Gasteiger partial charge >= 0.3 is 0 Å². The van der Waals surface area contributed by atoms with Gasteiger partial charge in [-0.15, -0.1) is 0 Å². The monoisotopic (exact) mass is 605 g/mol. The summed E-state index contributed by atoms with van der Waals surface area (Å²) in [5, 5.41) is 10.6. The summed E-state index contributed by atoms with van der Waals surface area (Å²) in [7, 11) is 2.84. The summed E-state index contributed by atoms with van der Waals surface area (Å²) in [6.45, 7) is 20.6. The van der Waals surface area contributed by atoms with Crippen molar-refractivity contribution >= 4 is 10.6 Å². The van der Waals surface area contributed by atoms with Gasteiger partial charge in [0.15, 0.2) is 0 Å². The number of hydrogen-bond donors (Lipinski definition) is 1. The van der Waals surface area contributed by atoms with Crippen LogP contribution in [0.2, 0.25) is 0 Å². The van der Waals surface area contributed by atoms with Crippen molar-refractivity contribution in [3.05, 3.63) is 0 Å². The van der Waals surface area contributed by atoms with E-state index in [9.17, 15) is 5.11 Å². The highest BCUT2D eigenvalue weighted by Crippen LogP contribution is 2.65. The number of quaternary nitrogens is 1. The molecule has 1 heterocycles. The Morgan fingerprint density at radius 3 is 1.39 bits per heavy atom. The van der Waals surface area contributed by atoms with E-state index in [1.54, 1.807) is 13.8 Å². The van der Waals surface area contributed by atoms with Gasteiger partial charge in [0.25, 0.3) is 0 Å². The molecule has 1 rings (SSSR count). The van der Waals surface area contributed by atoms with E-state index >= 15 is 0 Å². The Labute approximate surface area is 259 Å². The molecule has 0 unspecified atom stereocenters. The van der Waals surface area contributed by atoms with Gasteiger partial charge in [-0.25, -0.2) is 0 Å². The van der Waals surface area contributed by atoms with E-state index in [4.69, 9.17) is 13.1 Å². The van der Waals surface area contributed by atoms with Crippen molar-refractivity contribution in [2.24, 2.45) is 0 Å². The molecule has 1 saturated heterocycles. The number of hydrogen-bond acceptors (Lipinski definition) is 4. The molecule has 1 aliphatic rings. The van der Waals surface area contributed by atoms with E-state index in [2.05, 4.69) is 48.7 Å². The normalized spacial score (nSPS) is 19.5. The molecule has 0 saturated carbocycles. The molecule has 1 fully saturated rings. The molecular weight excluding hydrogens is 530 g/mol. The van der Waals surface area contributed by atoms with Gasteiger partial charge in [0.1, 0.15) is 17.1 Å². The van der Waals surface area contributed by atoms with Crippen molar-refractivity contribution < 1.29 is 22.7 Å². The van der Waals surface area contributed by atoms with Gasteiger partial charge in [0, 0.05) is 12.2 Å². The van der Waals surface area contributed by atoms with Crippen LogP contribution in [-0.4, -0.2) is 70.9 Å². The molecule has 1 aliphatic heterocycles. The lowest BCUT2D eigenvalue weighted by Crippen LogP contribution is -2.48. The SMILES string of the molecule is CCCCCCCCCCCCCCCCC[N+](C)(C)CCCS1(COC(C)(C)C(C)(C)O)OC(C)(C)C(C)(C)O1. The van der Waals surface area contributed by atoms with Gasteiger partial charge in [-0.1, -0.05) is 90.4 Å². The zero-order valence-corrected chi connectivity index (χ0v) is 30.5. The average molecular weight is 605 g/mol. The standard InChI is InChI=1S/C35H74NO4S/c1-12-13-14-15-16-17-18-19-20-21-22-23-24-25-26-28-36(10,11)29-27-30-41(31-38-33(4,5)32(2,3)37)39-34(6,7)35(8,9)40-41/h37H,12-31H2,1-11H3/q+1. The van der Waals surface area contributed by atoms with Crippen LogP contribution in [-0.2, 0) is 13.1 Å². The second kappa shape index (κ2) is 17.6. The molecule has 0 aromatic carbocycles. The Morgan fingerprint density at radius 1 is 0.634 bits per heavy atom. The lowest BCUT2D eigenvalue weighted by molar-refractivity contribution is -0.890. The quantitative estimate of drug-likeness (QED) is 0.0879. The highest BCUT2D eigenvalue weighted by atomic mass is 32.3. The van der Waals surface area contributed by atoms with Crippen LogP contribution in [0.4, 0.5) is 0 Å². The average Bonchev–Trinajstić information content (AvgIpc) is 3.02. The number of nitrogens with zero attached hydrogens (tertiary/aromatic N) is 1. The van der Waals surface area contributed by atoms with Crippen LogP contribution in [0.1, 0.15) is 165 Å². The summed E-state index contributed by atoms with van der Waals surface area (Å²) in [4.78, 5) is 0. The minimum Gasteiger partial charge on any atom is -0.387 e. The number of ether oxygens (including phenoxy) is 1. The molecule has 6 heteroatoms. The van der Waals surface area contributed by atoms with Gasteiger partial charge in [0.05, 0.1) is 38.4 Å². The molecule has 0 radical (unpaired) electrons. The van der Waals surface area contributed by atoms with Crippen molar-refractivity contribution in [2.75, 3.05) is 38.9 Å². The van der Waals surface area contributed by atoms with Crippen LogP contribution in [0.3, 0.4) is 0 Å². The minimum absolute atomic E-state index is 0.386. The second-order valence-corrected chi connectivity index (χ2v) is 18.1. The number of rotatable bonds is 24. The third-order valence-electron chi connectivity index (χ3n) is 9.83. The Morgan fingerprint density at radius 2 is 1.00 bits per heavy atom. The molecule has 0 spiro atoms. The Balaban J connectivity index is 2.32.